The van der Waals surface area contributed by atoms with Crippen molar-refractivity contribution in [2.45, 2.75) is 38.2 Å². The van der Waals surface area contributed by atoms with Gasteiger partial charge in [-0.2, -0.15) is 4.31 Å². The molecule has 0 aliphatic carbocycles. The summed E-state index contributed by atoms with van der Waals surface area (Å²) in [5, 5.41) is 3.77. The normalized spacial score (nSPS) is 21.4. The zero-order chi connectivity index (χ0) is 18.2. The third-order valence-electron chi connectivity index (χ3n) is 4.21. The molecule has 0 saturated carbocycles. The molecule has 0 spiro atoms. The highest BCUT2D eigenvalue weighted by atomic mass is 32.2. The Kier molecular flexibility index (Phi) is 4.70. The molecule has 136 valence electrons. The van der Waals surface area contributed by atoms with Crippen molar-refractivity contribution in [3.8, 4) is 0 Å². The molecule has 1 fully saturated rings. The number of aryl methyl sites for hydroxylation is 1. The van der Waals surface area contributed by atoms with Crippen LogP contribution in [0.25, 0.3) is 0 Å². The maximum atomic E-state index is 13.5. The summed E-state index contributed by atoms with van der Waals surface area (Å²) in [4.78, 5) is 0. The van der Waals surface area contributed by atoms with Gasteiger partial charge in [-0.1, -0.05) is 17.3 Å². The predicted octanol–water partition coefficient (Wildman–Crippen LogP) is 2.80. The van der Waals surface area contributed by atoms with E-state index in [0.29, 0.717) is 17.0 Å². The Balaban J connectivity index is 1.86. The van der Waals surface area contributed by atoms with E-state index in [1.54, 1.807) is 39.0 Å². The summed E-state index contributed by atoms with van der Waals surface area (Å²) in [6, 6.07) is 7.64. The first-order valence-electron chi connectivity index (χ1n) is 7.97. The molecule has 1 unspecified atom stereocenters. The van der Waals surface area contributed by atoms with Crippen molar-refractivity contribution in [1.29, 1.82) is 0 Å². The molecule has 2 heterocycles. The van der Waals surface area contributed by atoms with Gasteiger partial charge in [0.1, 0.15) is 23.0 Å². The average Bonchev–Trinajstić information content (AvgIpc) is 2.91. The molecule has 1 saturated heterocycles. The van der Waals surface area contributed by atoms with E-state index in [2.05, 4.69) is 5.16 Å². The zero-order valence-electron chi connectivity index (χ0n) is 14.4. The molecule has 1 aromatic carbocycles. The molecule has 1 aromatic heterocycles. The maximum Gasteiger partial charge on any atom is 0.220 e. The summed E-state index contributed by atoms with van der Waals surface area (Å²) in [7, 11) is -3.64. The Hall–Kier alpha value is -1.77. The number of benzene rings is 1. The summed E-state index contributed by atoms with van der Waals surface area (Å²) < 4.78 is 51.5. The number of ether oxygens (including phenoxy) is 1. The van der Waals surface area contributed by atoms with Crippen LogP contribution in [0.1, 0.15) is 37.0 Å². The van der Waals surface area contributed by atoms with Gasteiger partial charge in [-0.15, -0.1) is 0 Å². The molecule has 1 aliphatic heterocycles. The van der Waals surface area contributed by atoms with Crippen molar-refractivity contribution in [1.82, 2.24) is 9.46 Å². The van der Waals surface area contributed by atoms with Gasteiger partial charge in [0.05, 0.1) is 18.2 Å². The quantitative estimate of drug-likeness (QED) is 0.830. The third kappa shape index (κ3) is 3.91. The van der Waals surface area contributed by atoms with E-state index in [1.165, 1.54) is 16.4 Å². The second kappa shape index (κ2) is 6.51. The van der Waals surface area contributed by atoms with E-state index in [-0.39, 0.29) is 24.7 Å². The highest BCUT2D eigenvalue weighted by molar-refractivity contribution is 7.88. The van der Waals surface area contributed by atoms with Gasteiger partial charge in [0.25, 0.3) is 0 Å². The van der Waals surface area contributed by atoms with Crippen LogP contribution in [0.3, 0.4) is 0 Å². The first-order chi connectivity index (χ1) is 11.7. The number of morpholine rings is 1. The maximum absolute atomic E-state index is 13.5. The lowest BCUT2D eigenvalue weighted by molar-refractivity contribution is -0.0656. The van der Waals surface area contributed by atoms with Gasteiger partial charge < -0.3 is 9.26 Å². The van der Waals surface area contributed by atoms with Gasteiger partial charge in [-0.3, -0.25) is 0 Å². The van der Waals surface area contributed by atoms with Crippen molar-refractivity contribution in [3.05, 3.63) is 53.2 Å². The molecule has 3 rings (SSSR count). The molecule has 8 heteroatoms. The van der Waals surface area contributed by atoms with Crippen molar-refractivity contribution >= 4 is 10.0 Å². The van der Waals surface area contributed by atoms with Gasteiger partial charge >= 0.3 is 0 Å². The van der Waals surface area contributed by atoms with E-state index in [4.69, 9.17) is 9.26 Å². The van der Waals surface area contributed by atoms with Crippen LogP contribution in [0.5, 0.6) is 0 Å². The van der Waals surface area contributed by atoms with Crippen LogP contribution in [0, 0.1) is 12.7 Å². The summed E-state index contributed by atoms with van der Waals surface area (Å²) >= 11 is 0. The van der Waals surface area contributed by atoms with E-state index >= 15 is 0 Å². The van der Waals surface area contributed by atoms with Crippen LogP contribution >= 0.6 is 0 Å². The number of sulfonamides is 1. The van der Waals surface area contributed by atoms with Crippen molar-refractivity contribution in [3.63, 3.8) is 0 Å². The van der Waals surface area contributed by atoms with Gasteiger partial charge in [0.15, 0.2) is 0 Å². The van der Waals surface area contributed by atoms with E-state index < -0.39 is 21.7 Å². The second-order valence-electron chi connectivity index (χ2n) is 6.88. The fourth-order valence-corrected chi connectivity index (χ4v) is 4.81. The molecular formula is C17H21FN2O4S. The monoisotopic (exact) mass is 368 g/mol. The number of aromatic nitrogens is 1. The Bertz CT molecular complexity index is 863. The number of nitrogens with zero attached hydrogens (tertiary/aromatic N) is 2. The first-order valence-corrected chi connectivity index (χ1v) is 9.58. The van der Waals surface area contributed by atoms with E-state index in [0.717, 1.165) is 0 Å². The molecular weight excluding hydrogens is 347 g/mol. The minimum atomic E-state index is -3.64. The molecule has 0 bridgehead atoms. The summed E-state index contributed by atoms with van der Waals surface area (Å²) in [6.45, 7) is 5.66. The summed E-state index contributed by atoms with van der Waals surface area (Å²) in [5.74, 6) is -0.0635. The van der Waals surface area contributed by atoms with Crippen LogP contribution in [0.2, 0.25) is 0 Å². The molecule has 0 N–H and O–H groups in total. The average molecular weight is 368 g/mol. The van der Waals surface area contributed by atoms with Crippen molar-refractivity contribution < 1.29 is 22.1 Å². The first kappa shape index (κ1) is 18.0. The van der Waals surface area contributed by atoms with Crippen LogP contribution in [-0.4, -0.2) is 36.6 Å². The van der Waals surface area contributed by atoms with Gasteiger partial charge in [0, 0.05) is 12.6 Å². The van der Waals surface area contributed by atoms with Gasteiger partial charge in [-0.25, -0.2) is 12.8 Å². The van der Waals surface area contributed by atoms with E-state index in [9.17, 15) is 12.8 Å². The standard InChI is InChI=1S/C17H21FN2O4S/c1-12-7-15(19-24-12)10-25(21,22)20-9-16(23-11-17(20,2)3)13-5-4-6-14(18)8-13/h4-8,16H,9-11H2,1-3H3. The smallest absolute Gasteiger partial charge is 0.220 e. The lowest BCUT2D eigenvalue weighted by atomic mass is 10.0. The van der Waals surface area contributed by atoms with Crippen LogP contribution < -0.4 is 0 Å². The molecule has 2 aromatic rings. The highest BCUT2D eigenvalue weighted by Crippen LogP contribution is 2.33. The molecule has 1 aliphatic rings. The van der Waals surface area contributed by atoms with Crippen LogP contribution in [-0.2, 0) is 20.5 Å². The molecule has 0 amide bonds. The Morgan fingerprint density at radius 2 is 2.12 bits per heavy atom. The van der Waals surface area contributed by atoms with Crippen LogP contribution in [0.15, 0.2) is 34.9 Å². The Morgan fingerprint density at radius 1 is 1.36 bits per heavy atom. The second-order valence-corrected chi connectivity index (χ2v) is 8.78. The fraction of sp³-hybridized carbons (Fsp3) is 0.471. The summed E-state index contributed by atoms with van der Waals surface area (Å²) in [6.07, 6.45) is -0.516. The number of rotatable bonds is 4. The van der Waals surface area contributed by atoms with Gasteiger partial charge in [0.2, 0.25) is 10.0 Å². The number of hydrogen-bond donors (Lipinski definition) is 0. The molecule has 1 atom stereocenters. The van der Waals surface area contributed by atoms with Crippen molar-refractivity contribution in [2.24, 2.45) is 0 Å². The highest BCUT2D eigenvalue weighted by Gasteiger charge is 2.42. The minimum absolute atomic E-state index is 0.121. The largest absolute Gasteiger partial charge is 0.370 e. The minimum Gasteiger partial charge on any atom is -0.370 e. The van der Waals surface area contributed by atoms with Crippen LogP contribution in [0.4, 0.5) is 4.39 Å². The summed E-state index contributed by atoms with van der Waals surface area (Å²) in [5.41, 5.74) is 0.275. The zero-order valence-corrected chi connectivity index (χ0v) is 15.2. The Morgan fingerprint density at radius 3 is 2.76 bits per heavy atom. The number of hydrogen-bond acceptors (Lipinski definition) is 5. The fourth-order valence-electron chi connectivity index (χ4n) is 2.98. The van der Waals surface area contributed by atoms with E-state index in [1.807, 2.05) is 0 Å². The lowest BCUT2D eigenvalue weighted by Gasteiger charge is -2.44. The molecule has 25 heavy (non-hydrogen) atoms. The number of halogens is 1. The predicted molar refractivity (Wildman–Crippen MR) is 89.7 cm³/mol. The third-order valence-corrected chi connectivity index (χ3v) is 6.18. The molecule has 6 nitrogen and oxygen atoms in total. The van der Waals surface area contributed by atoms with Crippen molar-refractivity contribution in [2.75, 3.05) is 13.2 Å². The topological polar surface area (TPSA) is 72.6 Å². The Labute approximate surface area is 146 Å². The SMILES string of the molecule is Cc1cc(CS(=O)(=O)N2CC(c3cccc(F)c3)OCC2(C)C)no1. The van der Waals surface area contributed by atoms with Gasteiger partial charge in [-0.05, 0) is 38.5 Å². The lowest BCUT2D eigenvalue weighted by Crippen LogP contribution is -2.56. The molecule has 0 radical (unpaired) electrons.